The number of rotatable bonds is 3. The van der Waals surface area contributed by atoms with Gasteiger partial charge in [0.25, 0.3) is 0 Å². The fraction of sp³-hybridized carbons (Fsp3) is 0.923. The summed E-state index contributed by atoms with van der Waals surface area (Å²) in [6.45, 7) is 1.93. The van der Waals surface area contributed by atoms with Crippen LogP contribution in [0.2, 0.25) is 0 Å². The van der Waals surface area contributed by atoms with Gasteiger partial charge in [-0.2, -0.15) is 0 Å². The maximum absolute atomic E-state index is 11.6. The first-order valence-electron chi connectivity index (χ1n) is 7.06. The summed E-state index contributed by atoms with van der Waals surface area (Å²) in [7, 11) is 0.400. The van der Waals surface area contributed by atoms with Crippen LogP contribution in [0.4, 0.5) is 0 Å². The molecule has 2 aliphatic rings. The Kier molecular flexibility index (Phi) is 4.71. The van der Waals surface area contributed by atoms with E-state index in [0.29, 0.717) is 25.0 Å². The van der Waals surface area contributed by atoms with Gasteiger partial charge in [-0.05, 0) is 32.2 Å². The minimum absolute atomic E-state index is 0.0389. The fourth-order valence-electron chi connectivity index (χ4n) is 3.51. The van der Waals surface area contributed by atoms with Crippen molar-refractivity contribution in [2.45, 2.75) is 25.3 Å². The number of hydrogen-bond acceptors (Lipinski definition) is 5. The second-order valence-corrected chi connectivity index (χ2v) is 7.94. The molecule has 20 heavy (non-hydrogen) atoms. The Labute approximate surface area is 121 Å². The summed E-state index contributed by atoms with van der Waals surface area (Å²) in [5.41, 5.74) is 0. The summed E-state index contributed by atoms with van der Waals surface area (Å²) in [6.07, 6.45) is 3.83. The molecule has 2 fully saturated rings. The lowest BCUT2D eigenvalue weighted by Gasteiger charge is -2.35. The Bertz CT molecular complexity index is 457. The molecular formula is C13H24N2O4S. The Balaban J connectivity index is 1.93. The van der Waals surface area contributed by atoms with E-state index in [1.165, 1.54) is 13.4 Å². The van der Waals surface area contributed by atoms with Gasteiger partial charge in [-0.25, -0.2) is 12.7 Å². The Morgan fingerprint density at radius 2 is 1.85 bits per heavy atom. The molecule has 2 rings (SSSR count). The molecule has 0 saturated carbocycles. The zero-order valence-electron chi connectivity index (χ0n) is 12.4. The highest BCUT2D eigenvalue weighted by atomic mass is 32.2. The van der Waals surface area contributed by atoms with Crippen LogP contribution in [-0.2, 0) is 19.6 Å². The summed E-state index contributed by atoms with van der Waals surface area (Å²) in [4.78, 5) is 13.9. The SMILES string of the molecule is COC(=O)[C@H]1C[C@@H](C2CCN(S(C)(=O)=O)CC2)N(C)C1. The number of carbonyl (C=O) groups excluding carboxylic acids is 1. The van der Waals surface area contributed by atoms with Crippen LogP contribution in [0.5, 0.6) is 0 Å². The average Bonchev–Trinajstić information content (AvgIpc) is 2.79. The molecule has 0 aromatic heterocycles. The van der Waals surface area contributed by atoms with Gasteiger partial charge in [0, 0.05) is 25.7 Å². The summed E-state index contributed by atoms with van der Waals surface area (Å²) in [5.74, 6) is 0.295. The van der Waals surface area contributed by atoms with E-state index in [9.17, 15) is 13.2 Å². The zero-order valence-corrected chi connectivity index (χ0v) is 13.2. The van der Waals surface area contributed by atoms with Gasteiger partial charge in [0.15, 0.2) is 0 Å². The topological polar surface area (TPSA) is 66.9 Å². The van der Waals surface area contributed by atoms with Crippen molar-refractivity contribution in [2.75, 3.05) is 40.0 Å². The lowest BCUT2D eigenvalue weighted by Crippen LogP contribution is -2.43. The number of ether oxygens (including phenoxy) is 1. The molecule has 0 aliphatic carbocycles. The van der Waals surface area contributed by atoms with E-state index in [1.807, 2.05) is 7.05 Å². The van der Waals surface area contributed by atoms with Gasteiger partial charge in [0.05, 0.1) is 19.3 Å². The third kappa shape index (κ3) is 3.32. The first-order chi connectivity index (χ1) is 9.32. The minimum atomic E-state index is -3.07. The Hall–Kier alpha value is -0.660. The van der Waals surface area contributed by atoms with Crippen LogP contribution in [-0.4, -0.2) is 69.7 Å². The molecule has 6 nitrogen and oxygen atoms in total. The normalized spacial score (nSPS) is 30.6. The van der Waals surface area contributed by atoms with Gasteiger partial charge in [-0.15, -0.1) is 0 Å². The van der Waals surface area contributed by atoms with Crippen molar-refractivity contribution >= 4 is 16.0 Å². The summed E-state index contributed by atoms with van der Waals surface area (Å²) >= 11 is 0. The number of hydrogen-bond donors (Lipinski definition) is 0. The van der Waals surface area contributed by atoms with Crippen LogP contribution >= 0.6 is 0 Å². The van der Waals surface area contributed by atoms with Gasteiger partial charge in [-0.1, -0.05) is 0 Å². The maximum Gasteiger partial charge on any atom is 0.310 e. The largest absolute Gasteiger partial charge is 0.469 e. The van der Waals surface area contributed by atoms with E-state index >= 15 is 0 Å². The standard InChI is InChI=1S/C13H24N2O4S/c1-14-9-11(13(16)19-2)8-12(14)10-4-6-15(7-5-10)20(3,17)18/h10-12H,4-9H2,1-3H3/t11-,12-/m0/s1. The molecule has 2 aliphatic heterocycles. The Morgan fingerprint density at radius 1 is 1.25 bits per heavy atom. The predicted octanol–water partition coefficient (Wildman–Crippen LogP) is 0.151. The molecule has 0 amide bonds. The summed E-state index contributed by atoms with van der Waals surface area (Å²) < 4.78 is 29.4. The van der Waals surface area contributed by atoms with Crippen molar-refractivity contribution in [3.63, 3.8) is 0 Å². The highest BCUT2D eigenvalue weighted by molar-refractivity contribution is 7.88. The molecule has 2 saturated heterocycles. The number of carbonyl (C=O) groups is 1. The number of nitrogens with zero attached hydrogens (tertiary/aromatic N) is 2. The van der Waals surface area contributed by atoms with Gasteiger partial charge in [0.1, 0.15) is 0 Å². The van der Waals surface area contributed by atoms with E-state index in [4.69, 9.17) is 4.74 Å². The molecule has 0 radical (unpaired) electrons. The average molecular weight is 304 g/mol. The molecule has 2 heterocycles. The monoisotopic (exact) mass is 304 g/mol. The van der Waals surface area contributed by atoms with Crippen molar-refractivity contribution in [1.82, 2.24) is 9.21 Å². The van der Waals surface area contributed by atoms with Crippen molar-refractivity contribution < 1.29 is 17.9 Å². The second kappa shape index (κ2) is 5.99. The summed E-state index contributed by atoms with van der Waals surface area (Å²) in [5, 5.41) is 0. The predicted molar refractivity (Wildman–Crippen MR) is 75.7 cm³/mol. The molecule has 0 aromatic rings. The van der Waals surface area contributed by atoms with Crippen LogP contribution in [0.25, 0.3) is 0 Å². The van der Waals surface area contributed by atoms with Crippen LogP contribution in [0.1, 0.15) is 19.3 Å². The van der Waals surface area contributed by atoms with Gasteiger partial charge < -0.3 is 9.64 Å². The van der Waals surface area contributed by atoms with Crippen LogP contribution in [0.15, 0.2) is 0 Å². The lowest BCUT2D eigenvalue weighted by atomic mass is 9.87. The molecule has 0 spiro atoms. The van der Waals surface area contributed by atoms with Gasteiger partial charge >= 0.3 is 5.97 Å². The number of methoxy groups -OCH3 is 1. The molecule has 0 aromatic carbocycles. The highest BCUT2D eigenvalue weighted by Crippen LogP contribution is 2.33. The lowest BCUT2D eigenvalue weighted by molar-refractivity contribution is -0.144. The van der Waals surface area contributed by atoms with Crippen molar-refractivity contribution in [2.24, 2.45) is 11.8 Å². The van der Waals surface area contributed by atoms with Gasteiger partial charge in [0.2, 0.25) is 10.0 Å². The Morgan fingerprint density at radius 3 is 2.35 bits per heavy atom. The first-order valence-corrected chi connectivity index (χ1v) is 8.91. The van der Waals surface area contributed by atoms with Crippen molar-refractivity contribution in [1.29, 1.82) is 0 Å². The number of sulfonamides is 1. The highest BCUT2D eigenvalue weighted by Gasteiger charge is 2.40. The smallest absolute Gasteiger partial charge is 0.310 e. The number of piperidine rings is 1. The number of esters is 1. The molecular weight excluding hydrogens is 280 g/mol. The zero-order chi connectivity index (χ0) is 14.9. The van der Waals surface area contributed by atoms with Gasteiger partial charge in [-0.3, -0.25) is 4.79 Å². The number of likely N-dealkylation sites (tertiary alicyclic amines) is 1. The third-order valence-corrected chi connectivity index (χ3v) is 5.95. The molecule has 0 N–H and O–H groups in total. The van der Waals surface area contributed by atoms with Crippen molar-refractivity contribution in [3.05, 3.63) is 0 Å². The fourth-order valence-corrected chi connectivity index (χ4v) is 4.39. The molecule has 0 unspecified atom stereocenters. The van der Waals surface area contributed by atoms with E-state index in [1.54, 1.807) is 4.31 Å². The third-order valence-electron chi connectivity index (χ3n) is 4.65. The van der Waals surface area contributed by atoms with E-state index in [0.717, 1.165) is 25.8 Å². The van der Waals surface area contributed by atoms with E-state index in [-0.39, 0.29) is 11.9 Å². The van der Waals surface area contributed by atoms with Crippen LogP contribution in [0, 0.1) is 11.8 Å². The van der Waals surface area contributed by atoms with Crippen LogP contribution in [0.3, 0.4) is 0 Å². The quantitative estimate of drug-likeness (QED) is 0.695. The van der Waals surface area contributed by atoms with E-state index < -0.39 is 10.0 Å². The minimum Gasteiger partial charge on any atom is -0.469 e. The molecule has 2 atom stereocenters. The molecule has 0 bridgehead atoms. The maximum atomic E-state index is 11.6. The second-order valence-electron chi connectivity index (χ2n) is 5.96. The van der Waals surface area contributed by atoms with Crippen LogP contribution < -0.4 is 0 Å². The summed E-state index contributed by atoms with van der Waals surface area (Å²) in [6, 6.07) is 0.362. The first kappa shape index (κ1) is 15.7. The molecule has 116 valence electrons. The van der Waals surface area contributed by atoms with Crippen molar-refractivity contribution in [3.8, 4) is 0 Å². The molecule has 7 heteroatoms. The van der Waals surface area contributed by atoms with E-state index in [2.05, 4.69) is 4.90 Å².